The summed E-state index contributed by atoms with van der Waals surface area (Å²) < 4.78 is 0. The Labute approximate surface area is 219 Å². The highest BCUT2D eigenvalue weighted by Crippen LogP contribution is 2.29. The first kappa shape index (κ1) is 26.4. The van der Waals surface area contributed by atoms with Crippen molar-refractivity contribution in [3.05, 3.63) is 74.0 Å². The van der Waals surface area contributed by atoms with Crippen LogP contribution in [-0.4, -0.2) is 58.2 Å². The summed E-state index contributed by atoms with van der Waals surface area (Å²) in [6.07, 6.45) is 1.45. The third-order valence-electron chi connectivity index (χ3n) is 6.62. The number of phenols is 1. The minimum absolute atomic E-state index is 0.0269. The summed E-state index contributed by atoms with van der Waals surface area (Å²) in [4.78, 5) is 28.8. The van der Waals surface area contributed by atoms with Crippen LogP contribution in [0, 0.1) is 0 Å². The number of pyridine rings is 1. The predicted octanol–water partition coefficient (Wildman–Crippen LogP) is 3.33. The molecule has 1 atom stereocenters. The van der Waals surface area contributed by atoms with Crippen LogP contribution in [0.15, 0.2) is 47.3 Å². The molecule has 0 unspecified atom stereocenters. The highest BCUT2D eigenvalue weighted by Gasteiger charge is 2.21. The molecule has 0 radical (unpaired) electrons. The number of benzene rings is 2. The fraction of sp³-hybridized carbons (Fsp3) is 0.385. The standard InChI is InChI=1S/C26H30Cl2N4O4/c27-20-3-1-2-16(25(20)28)14-30-23(35)10-13-32-11-8-17(9-12-32)29-15-22(34)18-4-6-21(33)26-19(18)5-7-24(36)31-26/h1-7,17,22,29,33-34H,8-15H2,(H,30,35)(H,31,36)/t22-/m0/s1. The molecule has 1 aromatic heterocycles. The molecule has 4 rings (SSSR count). The van der Waals surface area contributed by atoms with E-state index in [4.69, 9.17) is 23.2 Å². The molecule has 3 aromatic rings. The average molecular weight is 533 g/mol. The van der Waals surface area contributed by atoms with E-state index in [-0.39, 0.29) is 23.3 Å². The summed E-state index contributed by atoms with van der Waals surface area (Å²) in [5.41, 5.74) is 1.46. The molecule has 0 spiro atoms. The van der Waals surface area contributed by atoms with Crippen LogP contribution in [0.4, 0.5) is 0 Å². The molecule has 5 N–H and O–H groups in total. The third-order valence-corrected chi connectivity index (χ3v) is 7.47. The fourth-order valence-electron chi connectivity index (χ4n) is 4.53. The van der Waals surface area contributed by atoms with E-state index in [9.17, 15) is 19.8 Å². The lowest BCUT2D eigenvalue weighted by Gasteiger charge is -2.32. The topological polar surface area (TPSA) is 118 Å². The summed E-state index contributed by atoms with van der Waals surface area (Å²) in [6, 6.07) is 11.8. The highest BCUT2D eigenvalue weighted by molar-refractivity contribution is 6.42. The number of rotatable bonds is 9. The molecule has 1 amide bonds. The molecule has 36 heavy (non-hydrogen) atoms. The molecular formula is C26H30Cl2N4O4. The zero-order valence-electron chi connectivity index (χ0n) is 19.8. The number of aromatic nitrogens is 1. The number of likely N-dealkylation sites (tertiary alicyclic amines) is 1. The molecule has 192 valence electrons. The number of hydrogen-bond donors (Lipinski definition) is 5. The molecule has 0 saturated carbocycles. The van der Waals surface area contributed by atoms with Gasteiger partial charge in [-0.1, -0.05) is 41.4 Å². The van der Waals surface area contributed by atoms with E-state index in [1.165, 1.54) is 12.1 Å². The summed E-state index contributed by atoms with van der Waals surface area (Å²) in [5, 5.41) is 28.7. The van der Waals surface area contributed by atoms with Gasteiger partial charge in [0.15, 0.2) is 0 Å². The van der Waals surface area contributed by atoms with Crippen LogP contribution in [0.1, 0.15) is 36.5 Å². The van der Waals surface area contributed by atoms with E-state index in [0.717, 1.165) is 31.5 Å². The van der Waals surface area contributed by atoms with Crippen molar-refractivity contribution in [2.45, 2.75) is 38.0 Å². The van der Waals surface area contributed by atoms with Gasteiger partial charge in [0, 0.05) is 43.5 Å². The zero-order valence-corrected chi connectivity index (χ0v) is 21.3. The van der Waals surface area contributed by atoms with Gasteiger partial charge in [0.1, 0.15) is 5.75 Å². The first-order valence-electron chi connectivity index (χ1n) is 12.0. The molecule has 1 saturated heterocycles. The second kappa shape index (κ2) is 12.1. The van der Waals surface area contributed by atoms with E-state index < -0.39 is 6.10 Å². The molecule has 1 aliphatic rings. The van der Waals surface area contributed by atoms with E-state index in [0.29, 0.717) is 52.6 Å². The zero-order chi connectivity index (χ0) is 25.7. The van der Waals surface area contributed by atoms with Crippen LogP contribution < -0.4 is 16.2 Å². The smallest absolute Gasteiger partial charge is 0.248 e. The molecular weight excluding hydrogens is 503 g/mol. The van der Waals surface area contributed by atoms with Crippen LogP contribution in [0.3, 0.4) is 0 Å². The number of fused-ring (bicyclic) bond motifs is 1. The lowest BCUT2D eigenvalue weighted by atomic mass is 10.0. The van der Waals surface area contributed by atoms with Crippen molar-refractivity contribution in [1.82, 2.24) is 20.5 Å². The van der Waals surface area contributed by atoms with Crippen molar-refractivity contribution in [1.29, 1.82) is 0 Å². The van der Waals surface area contributed by atoms with Crippen LogP contribution in [0.25, 0.3) is 10.9 Å². The fourth-order valence-corrected chi connectivity index (χ4v) is 4.91. The number of carbonyl (C=O) groups excluding carboxylic acids is 1. The van der Waals surface area contributed by atoms with Gasteiger partial charge in [-0.2, -0.15) is 0 Å². The number of nitrogens with one attached hydrogen (secondary N) is 3. The summed E-state index contributed by atoms with van der Waals surface area (Å²) in [5.74, 6) is -0.0576. The van der Waals surface area contributed by atoms with Gasteiger partial charge < -0.3 is 30.7 Å². The van der Waals surface area contributed by atoms with Gasteiger partial charge in [0.2, 0.25) is 11.5 Å². The van der Waals surface area contributed by atoms with Crippen molar-refractivity contribution >= 4 is 40.0 Å². The predicted molar refractivity (Wildman–Crippen MR) is 142 cm³/mol. The Bertz CT molecular complexity index is 1270. The van der Waals surface area contributed by atoms with Gasteiger partial charge in [0.05, 0.1) is 21.7 Å². The molecule has 2 aromatic carbocycles. The Kier molecular flexibility index (Phi) is 8.87. The number of carbonyl (C=O) groups is 1. The van der Waals surface area contributed by atoms with E-state index >= 15 is 0 Å². The van der Waals surface area contributed by atoms with Gasteiger partial charge >= 0.3 is 0 Å². The average Bonchev–Trinajstić information content (AvgIpc) is 2.88. The van der Waals surface area contributed by atoms with Crippen molar-refractivity contribution < 1.29 is 15.0 Å². The Hall–Kier alpha value is -2.62. The van der Waals surface area contributed by atoms with Crippen LogP contribution in [-0.2, 0) is 11.3 Å². The number of aliphatic hydroxyl groups excluding tert-OH is 1. The lowest BCUT2D eigenvalue weighted by Crippen LogP contribution is -2.44. The second-order valence-corrected chi connectivity index (χ2v) is 9.85. The first-order chi connectivity index (χ1) is 17.3. The first-order valence-corrected chi connectivity index (χ1v) is 12.8. The maximum Gasteiger partial charge on any atom is 0.248 e. The molecule has 0 bridgehead atoms. The number of aliphatic hydroxyl groups is 1. The van der Waals surface area contributed by atoms with Crippen molar-refractivity contribution in [2.75, 3.05) is 26.2 Å². The summed E-state index contributed by atoms with van der Waals surface area (Å²) in [6.45, 7) is 3.12. The Morgan fingerprint density at radius 1 is 1.14 bits per heavy atom. The maximum atomic E-state index is 12.3. The number of aromatic hydroxyl groups is 1. The van der Waals surface area contributed by atoms with E-state index in [1.54, 1.807) is 18.2 Å². The monoisotopic (exact) mass is 532 g/mol. The van der Waals surface area contributed by atoms with Crippen LogP contribution in [0.2, 0.25) is 10.0 Å². The lowest BCUT2D eigenvalue weighted by molar-refractivity contribution is -0.121. The molecule has 8 nitrogen and oxygen atoms in total. The van der Waals surface area contributed by atoms with Gasteiger partial charge in [-0.25, -0.2) is 0 Å². The van der Waals surface area contributed by atoms with Gasteiger partial charge in [-0.3, -0.25) is 9.59 Å². The number of H-pyrrole nitrogens is 1. The molecule has 2 heterocycles. The van der Waals surface area contributed by atoms with E-state index in [1.807, 2.05) is 12.1 Å². The minimum Gasteiger partial charge on any atom is -0.506 e. The maximum absolute atomic E-state index is 12.3. The van der Waals surface area contributed by atoms with Gasteiger partial charge in [-0.15, -0.1) is 0 Å². The second-order valence-electron chi connectivity index (χ2n) is 9.06. The molecule has 1 aliphatic heterocycles. The van der Waals surface area contributed by atoms with E-state index in [2.05, 4.69) is 20.5 Å². The summed E-state index contributed by atoms with van der Waals surface area (Å²) >= 11 is 12.2. The highest BCUT2D eigenvalue weighted by atomic mass is 35.5. The normalized spacial score (nSPS) is 15.8. The van der Waals surface area contributed by atoms with Crippen molar-refractivity contribution in [3.63, 3.8) is 0 Å². The van der Waals surface area contributed by atoms with Crippen LogP contribution in [0.5, 0.6) is 5.75 Å². The molecule has 0 aliphatic carbocycles. The largest absolute Gasteiger partial charge is 0.506 e. The molecule has 10 heteroatoms. The van der Waals surface area contributed by atoms with Crippen molar-refractivity contribution in [3.8, 4) is 5.75 Å². The van der Waals surface area contributed by atoms with Crippen molar-refractivity contribution in [2.24, 2.45) is 0 Å². The van der Waals surface area contributed by atoms with Gasteiger partial charge in [-0.05, 0) is 55.3 Å². The van der Waals surface area contributed by atoms with Crippen LogP contribution >= 0.6 is 23.2 Å². The van der Waals surface area contributed by atoms with Gasteiger partial charge in [0.25, 0.3) is 0 Å². The minimum atomic E-state index is -0.784. The Morgan fingerprint density at radius 2 is 1.92 bits per heavy atom. The number of nitrogens with zero attached hydrogens (tertiary/aromatic N) is 1. The number of aromatic amines is 1. The quantitative estimate of drug-likeness (QED) is 0.288. The SMILES string of the molecule is O=C(CCN1CCC(NC[C@H](O)c2ccc(O)c3[nH]c(=O)ccc23)CC1)NCc1cccc(Cl)c1Cl. The Balaban J connectivity index is 1.19. The number of amides is 1. The summed E-state index contributed by atoms with van der Waals surface area (Å²) in [7, 11) is 0. The third kappa shape index (κ3) is 6.57. The number of halogens is 2. The number of hydrogen-bond acceptors (Lipinski definition) is 6. The number of piperidine rings is 1. The Morgan fingerprint density at radius 3 is 2.69 bits per heavy atom. The number of phenolic OH excluding ortho intramolecular Hbond substituents is 1. The molecule has 1 fully saturated rings.